The number of carbonyl (C=O) groups is 1. The predicted octanol–water partition coefficient (Wildman–Crippen LogP) is 3.77. The van der Waals surface area contributed by atoms with Crippen LogP contribution in [-0.2, 0) is 0 Å². The van der Waals surface area contributed by atoms with Crippen molar-refractivity contribution in [2.24, 2.45) is 5.10 Å². The summed E-state index contributed by atoms with van der Waals surface area (Å²) < 4.78 is 5.18. The van der Waals surface area contributed by atoms with Crippen molar-refractivity contribution < 1.29 is 9.53 Å². The lowest BCUT2D eigenvalue weighted by atomic mass is 10.2. The second-order valence-corrected chi connectivity index (χ2v) is 4.88. The molecule has 6 heteroatoms. The maximum atomic E-state index is 11.9. The van der Waals surface area contributed by atoms with Crippen molar-refractivity contribution in [2.45, 2.75) is 0 Å². The highest BCUT2D eigenvalue weighted by atomic mass is 35.5. The van der Waals surface area contributed by atoms with Gasteiger partial charge in [0.15, 0.2) is 0 Å². The van der Waals surface area contributed by atoms with Gasteiger partial charge in [0.1, 0.15) is 5.75 Å². The van der Waals surface area contributed by atoms with Gasteiger partial charge < -0.3 is 4.74 Å². The largest absolute Gasteiger partial charge is 0.496 e. The first kappa shape index (κ1) is 15.4. The standard InChI is InChI=1S/C15H12Cl2N2O2/c1-21-14-5-3-2-4-11(14)9-18-19-15(20)10-6-7-12(16)13(17)8-10/h2-9H,1H3,(H,19,20). The van der Waals surface area contributed by atoms with Gasteiger partial charge in [-0.05, 0) is 30.3 Å². The molecule has 0 bridgehead atoms. The molecule has 0 atom stereocenters. The maximum Gasteiger partial charge on any atom is 0.271 e. The second-order valence-electron chi connectivity index (χ2n) is 4.07. The number of hydrazone groups is 1. The van der Waals surface area contributed by atoms with E-state index in [9.17, 15) is 4.79 Å². The first-order valence-corrected chi connectivity index (χ1v) is 6.79. The van der Waals surface area contributed by atoms with Crippen LogP contribution < -0.4 is 10.2 Å². The number of hydrogen-bond acceptors (Lipinski definition) is 3. The Morgan fingerprint density at radius 2 is 1.95 bits per heavy atom. The number of para-hydroxylation sites is 1. The Kier molecular flexibility index (Phi) is 5.20. The van der Waals surface area contributed by atoms with E-state index < -0.39 is 0 Å². The summed E-state index contributed by atoms with van der Waals surface area (Å²) >= 11 is 11.7. The summed E-state index contributed by atoms with van der Waals surface area (Å²) in [5.74, 6) is 0.296. The van der Waals surface area contributed by atoms with Crippen LogP contribution in [0.5, 0.6) is 5.75 Å². The van der Waals surface area contributed by atoms with Gasteiger partial charge in [-0.2, -0.15) is 5.10 Å². The molecule has 2 rings (SSSR count). The summed E-state index contributed by atoms with van der Waals surface area (Å²) in [5, 5.41) is 4.61. The zero-order chi connectivity index (χ0) is 15.2. The molecule has 0 fully saturated rings. The lowest BCUT2D eigenvalue weighted by molar-refractivity contribution is 0.0955. The molecular formula is C15H12Cl2N2O2. The summed E-state index contributed by atoms with van der Waals surface area (Å²) in [6.45, 7) is 0. The number of halogens is 2. The molecule has 0 aliphatic heterocycles. The average molecular weight is 323 g/mol. The molecule has 0 radical (unpaired) electrons. The van der Waals surface area contributed by atoms with Gasteiger partial charge in [0, 0.05) is 11.1 Å². The van der Waals surface area contributed by atoms with Crippen molar-refractivity contribution in [3.8, 4) is 5.75 Å². The van der Waals surface area contributed by atoms with E-state index in [0.717, 1.165) is 5.56 Å². The van der Waals surface area contributed by atoms with Crippen LogP contribution in [0.3, 0.4) is 0 Å². The van der Waals surface area contributed by atoms with E-state index in [0.29, 0.717) is 21.4 Å². The first-order valence-electron chi connectivity index (χ1n) is 6.03. The molecule has 0 saturated heterocycles. The highest BCUT2D eigenvalue weighted by molar-refractivity contribution is 6.42. The van der Waals surface area contributed by atoms with Crippen LogP contribution >= 0.6 is 23.2 Å². The molecule has 0 heterocycles. The van der Waals surface area contributed by atoms with Crippen molar-refractivity contribution in [3.05, 3.63) is 63.6 Å². The molecular weight excluding hydrogens is 311 g/mol. The van der Waals surface area contributed by atoms with Crippen molar-refractivity contribution >= 4 is 35.3 Å². The molecule has 0 spiro atoms. The minimum absolute atomic E-state index is 0.318. The molecule has 2 aromatic carbocycles. The highest BCUT2D eigenvalue weighted by Gasteiger charge is 2.07. The van der Waals surface area contributed by atoms with Crippen LogP contribution in [-0.4, -0.2) is 19.2 Å². The van der Waals surface area contributed by atoms with Crippen molar-refractivity contribution in [2.75, 3.05) is 7.11 Å². The Morgan fingerprint density at radius 1 is 1.19 bits per heavy atom. The molecule has 0 unspecified atom stereocenters. The van der Waals surface area contributed by atoms with E-state index in [1.54, 1.807) is 19.2 Å². The molecule has 1 amide bonds. The normalized spacial score (nSPS) is 10.6. The van der Waals surface area contributed by atoms with Gasteiger partial charge >= 0.3 is 0 Å². The Labute approximate surface area is 132 Å². The molecule has 0 aliphatic carbocycles. The van der Waals surface area contributed by atoms with Gasteiger partial charge in [0.2, 0.25) is 0 Å². The van der Waals surface area contributed by atoms with Gasteiger partial charge in [-0.25, -0.2) is 5.43 Å². The van der Waals surface area contributed by atoms with Gasteiger partial charge in [0.25, 0.3) is 5.91 Å². The molecule has 1 N–H and O–H groups in total. The molecule has 0 saturated carbocycles. The predicted molar refractivity (Wildman–Crippen MR) is 84.5 cm³/mol. The minimum Gasteiger partial charge on any atom is -0.496 e. The van der Waals surface area contributed by atoms with Crippen molar-refractivity contribution in [1.29, 1.82) is 0 Å². The van der Waals surface area contributed by atoms with Gasteiger partial charge in [-0.3, -0.25) is 4.79 Å². The maximum absolute atomic E-state index is 11.9. The minimum atomic E-state index is -0.375. The first-order chi connectivity index (χ1) is 10.1. The number of nitrogens with zero attached hydrogens (tertiary/aromatic N) is 1. The van der Waals surface area contributed by atoms with E-state index in [4.69, 9.17) is 27.9 Å². The number of hydrogen-bond donors (Lipinski definition) is 1. The second kappa shape index (κ2) is 7.11. The summed E-state index contributed by atoms with van der Waals surface area (Å²) in [6.07, 6.45) is 1.51. The summed E-state index contributed by atoms with van der Waals surface area (Å²) in [5.41, 5.74) is 3.55. The van der Waals surface area contributed by atoms with E-state index in [2.05, 4.69) is 10.5 Å². The number of rotatable bonds is 4. The number of amides is 1. The Hall–Kier alpha value is -2.04. The molecule has 108 valence electrons. The number of ether oxygens (including phenoxy) is 1. The molecule has 0 aromatic heterocycles. The summed E-state index contributed by atoms with van der Waals surface area (Å²) in [7, 11) is 1.57. The fraction of sp³-hybridized carbons (Fsp3) is 0.0667. The Morgan fingerprint density at radius 3 is 2.67 bits per heavy atom. The summed E-state index contributed by atoms with van der Waals surface area (Å²) in [6, 6.07) is 12.0. The highest BCUT2D eigenvalue weighted by Crippen LogP contribution is 2.22. The molecule has 21 heavy (non-hydrogen) atoms. The number of nitrogens with one attached hydrogen (secondary N) is 1. The third-order valence-corrected chi connectivity index (χ3v) is 3.43. The zero-order valence-corrected chi connectivity index (χ0v) is 12.7. The summed E-state index contributed by atoms with van der Waals surface area (Å²) in [4.78, 5) is 11.9. The molecule has 2 aromatic rings. The van der Waals surface area contributed by atoms with Gasteiger partial charge in [-0.15, -0.1) is 0 Å². The number of carbonyl (C=O) groups excluding carboxylic acids is 1. The van der Waals surface area contributed by atoms with E-state index in [1.165, 1.54) is 12.3 Å². The van der Waals surface area contributed by atoms with Gasteiger partial charge in [-0.1, -0.05) is 35.3 Å². The van der Waals surface area contributed by atoms with Crippen LogP contribution in [0, 0.1) is 0 Å². The van der Waals surface area contributed by atoms with Gasteiger partial charge in [0.05, 0.1) is 23.4 Å². The van der Waals surface area contributed by atoms with Crippen molar-refractivity contribution in [1.82, 2.24) is 5.43 Å². The SMILES string of the molecule is COc1ccccc1C=NNC(=O)c1ccc(Cl)c(Cl)c1. The van der Waals surface area contributed by atoms with Crippen LogP contribution in [0.25, 0.3) is 0 Å². The lowest BCUT2D eigenvalue weighted by Gasteiger charge is -2.04. The van der Waals surface area contributed by atoms with E-state index >= 15 is 0 Å². The van der Waals surface area contributed by atoms with Crippen LogP contribution in [0.15, 0.2) is 47.6 Å². The monoisotopic (exact) mass is 322 g/mol. The smallest absolute Gasteiger partial charge is 0.271 e. The van der Waals surface area contributed by atoms with Crippen LogP contribution in [0.2, 0.25) is 10.0 Å². The number of benzene rings is 2. The van der Waals surface area contributed by atoms with E-state index in [-0.39, 0.29) is 5.91 Å². The Balaban J connectivity index is 2.06. The lowest BCUT2D eigenvalue weighted by Crippen LogP contribution is -2.17. The quantitative estimate of drug-likeness (QED) is 0.688. The fourth-order valence-electron chi connectivity index (χ4n) is 1.64. The third-order valence-electron chi connectivity index (χ3n) is 2.69. The van der Waals surface area contributed by atoms with Crippen molar-refractivity contribution in [3.63, 3.8) is 0 Å². The number of methoxy groups -OCH3 is 1. The average Bonchev–Trinajstić information content (AvgIpc) is 2.50. The van der Waals surface area contributed by atoms with Crippen LogP contribution in [0.1, 0.15) is 15.9 Å². The molecule has 0 aliphatic rings. The Bertz CT molecular complexity index is 687. The van der Waals surface area contributed by atoms with E-state index in [1.807, 2.05) is 24.3 Å². The third kappa shape index (κ3) is 3.97. The van der Waals surface area contributed by atoms with Crippen LogP contribution in [0.4, 0.5) is 0 Å². The molecule has 4 nitrogen and oxygen atoms in total. The topological polar surface area (TPSA) is 50.7 Å². The fourth-order valence-corrected chi connectivity index (χ4v) is 1.93. The zero-order valence-electron chi connectivity index (χ0n) is 11.1.